The molecule has 2 nitrogen and oxygen atoms in total. The lowest BCUT2D eigenvalue weighted by Gasteiger charge is -2.18. The standard InChI is InChI=1S/C16H18BrFO2/c1-20-12-6-11(18)10(17)5-9(12)16(19)15-13-7-2-3-8(4-7)14(13)15/h5-8,13-16,19H,2-4H2,1H3. The van der Waals surface area contributed by atoms with Crippen LogP contribution in [0.3, 0.4) is 0 Å². The van der Waals surface area contributed by atoms with Gasteiger partial charge in [0.15, 0.2) is 0 Å². The molecule has 0 heterocycles. The summed E-state index contributed by atoms with van der Waals surface area (Å²) >= 11 is 3.20. The third kappa shape index (κ3) is 1.70. The summed E-state index contributed by atoms with van der Waals surface area (Å²) in [5.41, 5.74) is 0.722. The van der Waals surface area contributed by atoms with Crippen LogP contribution in [0.1, 0.15) is 30.9 Å². The second kappa shape index (κ2) is 4.44. The van der Waals surface area contributed by atoms with Gasteiger partial charge in [0.05, 0.1) is 17.7 Å². The predicted octanol–water partition coefficient (Wildman–Crippen LogP) is 3.92. The first kappa shape index (κ1) is 13.1. The molecule has 0 saturated heterocycles. The zero-order valence-corrected chi connectivity index (χ0v) is 12.9. The molecule has 1 aromatic rings. The summed E-state index contributed by atoms with van der Waals surface area (Å²) in [6, 6.07) is 3.03. The van der Waals surface area contributed by atoms with Crippen molar-refractivity contribution < 1.29 is 14.2 Å². The van der Waals surface area contributed by atoms with Crippen molar-refractivity contribution in [3.05, 3.63) is 28.0 Å². The van der Waals surface area contributed by atoms with E-state index in [0.29, 0.717) is 28.0 Å². The quantitative estimate of drug-likeness (QED) is 0.903. The summed E-state index contributed by atoms with van der Waals surface area (Å²) in [5.74, 6) is 3.48. The highest BCUT2D eigenvalue weighted by Gasteiger charge is 2.67. The highest BCUT2D eigenvalue weighted by molar-refractivity contribution is 9.10. The van der Waals surface area contributed by atoms with E-state index in [1.54, 1.807) is 6.07 Å². The number of rotatable bonds is 3. The van der Waals surface area contributed by atoms with Crippen LogP contribution >= 0.6 is 15.9 Å². The number of aliphatic hydroxyl groups is 1. The van der Waals surface area contributed by atoms with Crippen molar-refractivity contribution in [2.75, 3.05) is 7.11 Å². The number of halogens is 2. The molecular weight excluding hydrogens is 323 g/mol. The van der Waals surface area contributed by atoms with E-state index in [2.05, 4.69) is 15.9 Å². The van der Waals surface area contributed by atoms with Crippen molar-refractivity contribution in [2.24, 2.45) is 29.6 Å². The van der Waals surface area contributed by atoms with Crippen LogP contribution in [-0.2, 0) is 0 Å². The minimum atomic E-state index is -0.528. The summed E-state index contributed by atoms with van der Waals surface area (Å²) < 4.78 is 19.2. The van der Waals surface area contributed by atoms with Crippen molar-refractivity contribution in [1.29, 1.82) is 0 Å². The second-order valence-electron chi connectivity index (χ2n) is 6.52. The van der Waals surface area contributed by atoms with Gasteiger partial charge in [-0.25, -0.2) is 4.39 Å². The molecule has 2 bridgehead atoms. The number of hydrogen-bond donors (Lipinski definition) is 1. The van der Waals surface area contributed by atoms with Gasteiger partial charge in [0.1, 0.15) is 11.6 Å². The van der Waals surface area contributed by atoms with Gasteiger partial charge in [0, 0.05) is 11.6 Å². The highest BCUT2D eigenvalue weighted by atomic mass is 79.9. The third-order valence-corrected chi connectivity index (χ3v) is 6.36. The molecule has 5 unspecified atom stereocenters. The Kier molecular flexibility index (Phi) is 2.90. The van der Waals surface area contributed by atoms with E-state index < -0.39 is 6.10 Å². The summed E-state index contributed by atoms with van der Waals surface area (Å²) in [6.45, 7) is 0. The first-order chi connectivity index (χ1) is 9.61. The van der Waals surface area contributed by atoms with Crippen LogP contribution in [-0.4, -0.2) is 12.2 Å². The lowest BCUT2D eigenvalue weighted by molar-refractivity contribution is 0.126. The molecule has 3 fully saturated rings. The van der Waals surface area contributed by atoms with E-state index in [1.807, 2.05) is 0 Å². The van der Waals surface area contributed by atoms with Gasteiger partial charge < -0.3 is 9.84 Å². The summed E-state index contributed by atoms with van der Waals surface area (Å²) in [6.07, 6.45) is 3.50. The monoisotopic (exact) mass is 340 g/mol. The van der Waals surface area contributed by atoms with Crippen LogP contribution in [0.25, 0.3) is 0 Å². The van der Waals surface area contributed by atoms with Crippen LogP contribution in [0.15, 0.2) is 16.6 Å². The molecule has 20 heavy (non-hydrogen) atoms. The molecule has 0 amide bonds. The Bertz CT molecular complexity index is 546. The number of aliphatic hydroxyl groups excluding tert-OH is 1. The fraction of sp³-hybridized carbons (Fsp3) is 0.625. The van der Waals surface area contributed by atoms with Gasteiger partial charge in [-0.05, 0) is 70.8 Å². The Morgan fingerprint density at radius 3 is 2.55 bits per heavy atom. The zero-order valence-electron chi connectivity index (χ0n) is 11.4. The van der Waals surface area contributed by atoms with Crippen LogP contribution in [0, 0.1) is 35.4 Å². The highest BCUT2D eigenvalue weighted by Crippen LogP contribution is 2.72. The van der Waals surface area contributed by atoms with E-state index in [-0.39, 0.29) is 5.82 Å². The van der Waals surface area contributed by atoms with E-state index >= 15 is 0 Å². The van der Waals surface area contributed by atoms with Crippen LogP contribution in [0.5, 0.6) is 5.75 Å². The average molecular weight is 341 g/mol. The smallest absolute Gasteiger partial charge is 0.141 e. The second-order valence-corrected chi connectivity index (χ2v) is 7.37. The first-order valence-corrected chi connectivity index (χ1v) is 8.12. The van der Waals surface area contributed by atoms with Crippen molar-refractivity contribution in [3.63, 3.8) is 0 Å². The lowest BCUT2D eigenvalue weighted by atomic mass is 9.94. The minimum Gasteiger partial charge on any atom is -0.496 e. The fourth-order valence-corrected chi connectivity index (χ4v) is 5.34. The molecule has 4 rings (SSSR count). The van der Waals surface area contributed by atoms with E-state index in [9.17, 15) is 9.50 Å². The summed E-state index contributed by atoms with van der Waals surface area (Å²) in [5, 5.41) is 10.7. The van der Waals surface area contributed by atoms with Gasteiger partial charge in [-0.2, -0.15) is 0 Å². The van der Waals surface area contributed by atoms with Crippen molar-refractivity contribution in [1.82, 2.24) is 0 Å². The molecule has 3 aliphatic carbocycles. The summed E-state index contributed by atoms with van der Waals surface area (Å²) in [4.78, 5) is 0. The fourth-order valence-electron chi connectivity index (χ4n) is 4.97. The minimum absolute atomic E-state index is 0.353. The molecule has 1 aromatic carbocycles. The molecule has 0 aliphatic heterocycles. The van der Waals surface area contributed by atoms with Crippen molar-refractivity contribution in [2.45, 2.75) is 25.4 Å². The molecule has 0 radical (unpaired) electrons. The molecular formula is C16H18BrFO2. The SMILES string of the molecule is COc1cc(F)c(Br)cc1C(O)C1C2C3CCC(C3)C21. The normalized spacial score (nSPS) is 38.7. The van der Waals surface area contributed by atoms with E-state index in [4.69, 9.17) is 4.74 Å². The molecule has 3 saturated carbocycles. The van der Waals surface area contributed by atoms with Gasteiger partial charge in [0.25, 0.3) is 0 Å². The molecule has 5 atom stereocenters. The molecule has 0 spiro atoms. The largest absolute Gasteiger partial charge is 0.496 e. The van der Waals surface area contributed by atoms with Gasteiger partial charge >= 0.3 is 0 Å². The van der Waals surface area contributed by atoms with Crippen LogP contribution in [0.2, 0.25) is 0 Å². The number of methoxy groups -OCH3 is 1. The van der Waals surface area contributed by atoms with E-state index in [0.717, 1.165) is 17.4 Å². The number of ether oxygens (including phenoxy) is 1. The third-order valence-electron chi connectivity index (χ3n) is 5.75. The van der Waals surface area contributed by atoms with Gasteiger partial charge in [-0.1, -0.05) is 0 Å². The number of hydrogen-bond acceptors (Lipinski definition) is 2. The van der Waals surface area contributed by atoms with Gasteiger partial charge in [-0.3, -0.25) is 0 Å². The summed E-state index contributed by atoms with van der Waals surface area (Å²) in [7, 11) is 1.52. The molecule has 1 N–H and O–H groups in total. The van der Waals surface area contributed by atoms with Gasteiger partial charge in [0.2, 0.25) is 0 Å². The van der Waals surface area contributed by atoms with Crippen LogP contribution < -0.4 is 4.74 Å². The maximum Gasteiger partial charge on any atom is 0.141 e. The molecule has 0 aromatic heterocycles. The Labute approximate surface area is 126 Å². The van der Waals surface area contributed by atoms with Crippen molar-refractivity contribution in [3.8, 4) is 5.75 Å². The lowest BCUT2D eigenvalue weighted by Crippen LogP contribution is -2.10. The number of benzene rings is 1. The predicted molar refractivity (Wildman–Crippen MR) is 76.9 cm³/mol. The van der Waals surface area contributed by atoms with E-state index in [1.165, 1.54) is 32.4 Å². The molecule has 108 valence electrons. The maximum absolute atomic E-state index is 13.6. The van der Waals surface area contributed by atoms with Crippen LogP contribution in [0.4, 0.5) is 4.39 Å². The maximum atomic E-state index is 13.6. The van der Waals surface area contributed by atoms with Gasteiger partial charge in [-0.15, -0.1) is 0 Å². The first-order valence-electron chi connectivity index (χ1n) is 7.32. The Morgan fingerprint density at radius 1 is 1.30 bits per heavy atom. The average Bonchev–Trinajstić information content (AvgIpc) is 2.88. The van der Waals surface area contributed by atoms with Crippen molar-refractivity contribution >= 4 is 15.9 Å². The Hall–Kier alpha value is -0.610. The Morgan fingerprint density at radius 2 is 1.95 bits per heavy atom. The zero-order chi connectivity index (χ0) is 14.0. The Balaban J connectivity index is 1.64. The number of fused-ring (bicyclic) bond motifs is 5. The molecule has 3 aliphatic rings. The topological polar surface area (TPSA) is 29.5 Å². The molecule has 4 heteroatoms.